The summed E-state index contributed by atoms with van der Waals surface area (Å²) in [6.07, 6.45) is 11.7. The number of hydrogen-bond acceptors (Lipinski definition) is 4. The molecule has 0 bridgehead atoms. The van der Waals surface area contributed by atoms with Gasteiger partial charge in [-0.25, -0.2) is 4.98 Å². The van der Waals surface area contributed by atoms with E-state index >= 15 is 0 Å². The number of fused-ring (bicyclic) bond motifs is 5. The first kappa shape index (κ1) is 17.7. The van der Waals surface area contributed by atoms with Crippen molar-refractivity contribution in [2.75, 3.05) is 12.4 Å². The van der Waals surface area contributed by atoms with E-state index in [1.54, 1.807) is 11.3 Å². The molecule has 4 aliphatic rings. The predicted molar refractivity (Wildman–Crippen MR) is 110 cm³/mol. The van der Waals surface area contributed by atoms with Crippen LogP contribution in [0, 0.1) is 28.6 Å². The summed E-state index contributed by atoms with van der Waals surface area (Å²) in [4.78, 5) is 18.7. The lowest BCUT2D eigenvalue weighted by atomic mass is 9.48. The molecule has 1 N–H and O–H groups in total. The number of aromatic nitrogens is 1. The van der Waals surface area contributed by atoms with Gasteiger partial charge < -0.3 is 10.2 Å². The van der Waals surface area contributed by atoms with Crippen molar-refractivity contribution in [3.8, 4) is 0 Å². The maximum atomic E-state index is 12.2. The van der Waals surface area contributed by atoms with Gasteiger partial charge >= 0.3 is 0 Å². The van der Waals surface area contributed by atoms with Crippen LogP contribution in [0.25, 0.3) is 0 Å². The highest BCUT2D eigenvalue weighted by Crippen LogP contribution is 2.64. The minimum Gasteiger partial charge on any atom is -0.366 e. The van der Waals surface area contributed by atoms with Crippen molar-refractivity contribution in [3.63, 3.8) is 0 Å². The molecule has 3 fully saturated rings. The SMILES string of the molecule is CN1C(=O)C=C[C@@]2(C)C1CC[C@@H]1[C@H]2CC[C@]2(C)C(Nc3cscn3)CC[C@@H]12. The van der Waals surface area contributed by atoms with E-state index in [1.165, 1.54) is 32.1 Å². The van der Waals surface area contributed by atoms with Crippen molar-refractivity contribution >= 4 is 23.1 Å². The Morgan fingerprint density at radius 3 is 2.81 bits per heavy atom. The van der Waals surface area contributed by atoms with Gasteiger partial charge in [-0.2, -0.15) is 0 Å². The molecule has 0 aromatic carbocycles. The number of nitrogens with one attached hydrogen (secondary N) is 1. The van der Waals surface area contributed by atoms with Gasteiger partial charge in [0.05, 0.1) is 5.51 Å². The van der Waals surface area contributed by atoms with Crippen LogP contribution >= 0.6 is 11.3 Å². The van der Waals surface area contributed by atoms with Gasteiger partial charge in [-0.3, -0.25) is 4.79 Å². The Kier molecular flexibility index (Phi) is 3.98. The number of carbonyl (C=O) groups is 1. The number of thiazole rings is 1. The predicted octanol–water partition coefficient (Wildman–Crippen LogP) is 4.56. The quantitative estimate of drug-likeness (QED) is 0.811. The van der Waals surface area contributed by atoms with Gasteiger partial charge in [0.15, 0.2) is 0 Å². The Morgan fingerprint density at radius 1 is 1.19 bits per heavy atom. The molecule has 0 spiro atoms. The number of likely N-dealkylation sites (N-methyl/N-ethyl adjacent to an activating group) is 1. The van der Waals surface area contributed by atoms with Crippen molar-refractivity contribution < 1.29 is 4.79 Å². The topological polar surface area (TPSA) is 45.2 Å². The van der Waals surface area contributed by atoms with Gasteiger partial charge in [-0.05, 0) is 67.8 Å². The minimum absolute atomic E-state index is 0.146. The Morgan fingerprint density at radius 2 is 2.04 bits per heavy atom. The lowest BCUT2D eigenvalue weighted by molar-refractivity contribution is -0.138. The summed E-state index contributed by atoms with van der Waals surface area (Å²) in [5.74, 6) is 3.53. The molecule has 1 aromatic heterocycles. The number of amides is 1. The van der Waals surface area contributed by atoms with Crippen molar-refractivity contribution in [2.45, 2.75) is 64.5 Å². The van der Waals surface area contributed by atoms with Crippen molar-refractivity contribution in [1.82, 2.24) is 9.88 Å². The fourth-order valence-corrected chi connectivity index (χ4v) is 7.93. The molecule has 1 aromatic rings. The fourth-order valence-electron chi connectivity index (χ4n) is 7.44. The maximum Gasteiger partial charge on any atom is 0.246 e. The van der Waals surface area contributed by atoms with Gasteiger partial charge in [0.25, 0.3) is 0 Å². The first-order valence-electron chi connectivity index (χ1n) is 10.5. The van der Waals surface area contributed by atoms with Crippen LogP contribution in [0.3, 0.4) is 0 Å². The normalized spacial score (nSPS) is 46.0. The second-order valence-corrected chi connectivity index (χ2v) is 10.5. The highest BCUT2D eigenvalue weighted by Gasteiger charge is 2.60. The molecule has 3 saturated carbocycles. The zero-order chi connectivity index (χ0) is 18.8. The van der Waals surface area contributed by atoms with Gasteiger partial charge in [0, 0.05) is 29.9 Å². The standard InChI is InChI=1S/C22H31N3OS/c1-21-10-8-16-14(4-7-18-22(16,2)11-9-20(26)25(18)3)15(21)5-6-17(21)24-19-12-27-13-23-19/h9,11-18,24H,4-8,10H2,1-3H3/t14-,15-,16+,17?,18?,21-,22+/m0/s1. The lowest BCUT2D eigenvalue weighted by Gasteiger charge is -2.60. The molecule has 3 aliphatic carbocycles. The minimum atomic E-state index is 0.146. The van der Waals surface area contributed by atoms with Crippen LogP contribution in [0.4, 0.5) is 5.82 Å². The highest BCUT2D eigenvalue weighted by atomic mass is 32.1. The van der Waals surface area contributed by atoms with Crippen LogP contribution in [-0.4, -0.2) is 34.9 Å². The molecule has 5 heteroatoms. The third kappa shape index (κ3) is 2.46. The average molecular weight is 386 g/mol. The molecule has 146 valence electrons. The summed E-state index contributed by atoms with van der Waals surface area (Å²) in [5, 5.41) is 5.90. The van der Waals surface area contributed by atoms with E-state index in [4.69, 9.17) is 0 Å². The number of rotatable bonds is 2. The van der Waals surface area contributed by atoms with Crippen LogP contribution < -0.4 is 5.32 Å². The lowest BCUT2D eigenvalue weighted by Crippen LogP contribution is -2.60. The largest absolute Gasteiger partial charge is 0.366 e. The Balaban J connectivity index is 1.42. The Labute approximate surface area is 166 Å². The molecule has 0 saturated heterocycles. The van der Waals surface area contributed by atoms with Crippen LogP contribution in [-0.2, 0) is 4.79 Å². The molecule has 1 aliphatic heterocycles. The molecular formula is C22H31N3OS. The summed E-state index contributed by atoms with van der Waals surface area (Å²) in [6.45, 7) is 4.96. The van der Waals surface area contributed by atoms with E-state index in [-0.39, 0.29) is 11.3 Å². The Hall–Kier alpha value is -1.36. The van der Waals surface area contributed by atoms with Crippen molar-refractivity contribution in [1.29, 1.82) is 0 Å². The number of hydrogen-bond donors (Lipinski definition) is 1. The smallest absolute Gasteiger partial charge is 0.246 e. The summed E-state index contributed by atoms with van der Waals surface area (Å²) in [6, 6.07) is 0.924. The second-order valence-electron chi connectivity index (χ2n) is 9.81. The summed E-state index contributed by atoms with van der Waals surface area (Å²) >= 11 is 1.67. The van der Waals surface area contributed by atoms with Gasteiger partial charge in [0.2, 0.25) is 5.91 Å². The number of nitrogens with zero attached hydrogens (tertiary/aromatic N) is 2. The van der Waals surface area contributed by atoms with E-state index in [9.17, 15) is 4.79 Å². The van der Waals surface area contributed by atoms with E-state index in [0.29, 0.717) is 23.4 Å². The van der Waals surface area contributed by atoms with E-state index < -0.39 is 0 Å². The highest BCUT2D eigenvalue weighted by molar-refractivity contribution is 7.07. The van der Waals surface area contributed by atoms with E-state index in [1.807, 2.05) is 23.5 Å². The van der Waals surface area contributed by atoms with E-state index in [2.05, 4.69) is 35.6 Å². The zero-order valence-electron chi connectivity index (χ0n) is 16.6. The average Bonchev–Trinajstić information content (AvgIpc) is 3.27. The monoisotopic (exact) mass is 385 g/mol. The van der Waals surface area contributed by atoms with Gasteiger partial charge in [-0.1, -0.05) is 19.9 Å². The second kappa shape index (κ2) is 6.07. The molecule has 1 amide bonds. The summed E-state index contributed by atoms with van der Waals surface area (Å²) in [5.41, 5.74) is 2.44. The first-order chi connectivity index (χ1) is 12.9. The van der Waals surface area contributed by atoms with E-state index in [0.717, 1.165) is 24.1 Å². The zero-order valence-corrected chi connectivity index (χ0v) is 17.5. The maximum absolute atomic E-state index is 12.2. The Bertz CT molecular complexity index is 762. The van der Waals surface area contributed by atoms with Gasteiger partial charge in [0.1, 0.15) is 5.82 Å². The molecule has 0 radical (unpaired) electrons. The molecule has 5 rings (SSSR count). The molecule has 2 heterocycles. The molecule has 4 nitrogen and oxygen atoms in total. The first-order valence-corrected chi connectivity index (χ1v) is 11.5. The third-order valence-electron chi connectivity index (χ3n) is 8.88. The van der Waals surface area contributed by atoms with Crippen LogP contribution in [0.5, 0.6) is 0 Å². The molecular weight excluding hydrogens is 354 g/mol. The molecule has 7 atom stereocenters. The summed E-state index contributed by atoms with van der Waals surface area (Å²) in [7, 11) is 2.01. The number of anilines is 1. The van der Waals surface area contributed by atoms with Crippen LogP contribution in [0.15, 0.2) is 23.0 Å². The summed E-state index contributed by atoms with van der Waals surface area (Å²) < 4.78 is 0. The van der Waals surface area contributed by atoms with Crippen LogP contribution in [0.2, 0.25) is 0 Å². The molecule has 27 heavy (non-hydrogen) atoms. The fraction of sp³-hybridized carbons (Fsp3) is 0.727. The van der Waals surface area contributed by atoms with Crippen molar-refractivity contribution in [3.05, 3.63) is 23.0 Å². The van der Waals surface area contributed by atoms with Gasteiger partial charge in [-0.15, -0.1) is 11.3 Å². The van der Waals surface area contributed by atoms with Crippen LogP contribution in [0.1, 0.15) is 52.4 Å². The number of carbonyl (C=O) groups excluding carboxylic acids is 1. The molecule has 2 unspecified atom stereocenters. The van der Waals surface area contributed by atoms with Crippen molar-refractivity contribution in [2.24, 2.45) is 28.6 Å². The third-order valence-corrected chi connectivity index (χ3v) is 9.47.